The number of carbonyl (C=O) groups excluding carboxylic acids is 1. The van der Waals surface area contributed by atoms with Gasteiger partial charge in [-0.25, -0.2) is 0 Å². The van der Waals surface area contributed by atoms with Crippen LogP contribution in [0.4, 0.5) is 0 Å². The van der Waals surface area contributed by atoms with Crippen LogP contribution in [0.1, 0.15) is 19.8 Å². The molecule has 1 aromatic rings. The summed E-state index contributed by atoms with van der Waals surface area (Å²) in [5.41, 5.74) is 0. The normalized spacial score (nSPS) is 10.0. The van der Waals surface area contributed by atoms with Gasteiger partial charge in [-0.15, -0.1) is 11.6 Å². The van der Waals surface area contributed by atoms with Crippen molar-refractivity contribution in [3.05, 3.63) is 24.3 Å². The number of alkyl halides is 1. The van der Waals surface area contributed by atoms with Crippen LogP contribution in [0.2, 0.25) is 0 Å². The average Bonchev–Trinajstić information content (AvgIpc) is 2.43. The molecule has 0 radical (unpaired) electrons. The zero-order valence-electron chi connectivity index (χ0n) is 11.2. The van der Waals surface area contributed by atoms with Crippen molar-refractivity contribution < 1.29 is 14.3 Å². The van der Waals surface area contributed by atoms with E-state index >= 15 is 0 Å². The van der Waals surface area contributed by atoms with Gasteiger partial charge in [0.25, 0.3) is 0 Å². The fraction of sp³-hybridized carbons (Fsp3) is 0.500. The summed E-state index contributed by atoms with van der Waals surface area (Å²) in [7, 11) is 0. The van der Waals surface area contributed by atoms with E-state index in [-0.39, 0.29) is 5.91 Å². The predicted octanol–water partition coefficient (Wildman–Crippen LogP) is 2.60. The molecule has 1 N–H and O–H groups in total. The molecule has 0 heterocycles. The van der Waals surface area contributed by atoms with Crippen molar-refractivity contribution in [1.29, 1.82) is 0 Å². The van der Waals surface area contributed by atoms with E-state index in [1.54, 1.807) is 0 Å². The molecule has 4 nitrogen and oxygen atoms in total. The Balaban J connectivity index is 2.16. The van der Waals surface area contributed by atoms with Crippen LogP contribution in [-0.2, 0) is 4.79 Å². The van der Waals surface area contributed by atoms with E-state index in [0.717, 1.165) is 11.5 Å². The van der Waals surface area contributed by atoms with Crippen molar-refractivity contribution in [2.75, 3.05) is 25.6 Å². The van der Waals surface area contributed by atoms with Crippen LogP contribution in [-0.4, -0.2) is 31.5 Å². The van der Waals surface area contributed by atoms with Crippen LogP contribution >= 0.6 is 11.6 Å². The minimum Gasteiger partial charge on any atom is -0.494 e. The molecule has 106 valence electrons. The highest BCUT2D eigenvalue weighted by molar-refractivity contribution is 6.17. The van der Waals surface area contributed by atoms with Crippen LogP contribution in [0, 0.1) is 0 Å². The van der Waals surface area contributed by atoms with Gasteiger partial charge in [-0.3, -0.25) is 4.79 Å². The van der Waals surface area contributed by atoms with Gasteiger partial charge in [-0.05, 0) is 37.6 Å². The smallest absolute Gasteiger partial charge is 0.220 e. The third kappa shape index (κ3) is 6.91. The first-order chi connectivity index (χ1) is 9.26. The number of halogens is 1. The number of carbonyl (C=O) groups is 1. The van der Waals surface area contributed by atoms with Crippen molar-refractivity contribution >= 4 is 17.5 Å². The van der Waals surface area contributed by atoms with Gasteiger partial charge in [0.2, 0.25) is 5.91 Å². The van der Waals surface area contributed by atoms with Gasteiger partial charge in [0, 0.05) is 12.3 Å². The molecule has 0 unspecified atom stereocenters. The lowest BCUT2D eigenvalue weighted by molar-refractivity contribution is -0.121. The number of hydrogen-bond donors (Lipinski definition) is 1. The van der Waals surface area contributed by atoms with Crippen LogP contribution in [0.25, 0.3) is 0 Å². The SMILES string of the molecule is CCOc1ccc(OCCNC(=O)CCCCl)cc1. The lowest BCUT2D eigenvalue weighted by Gasteiger charge is -2.08. The number of ether oxygens (including phenoxy) is 2. The summed E-state index contributed by atoms with van der Waals surface area (Å²) in [6, 6.07) is 7.41. The van der Waals surface area contributed by atoms with E-state index in [4.69, 9.17) is 21.1 Å². The highest BCUT2D eigenvalue weighted by Gasteiger charge is 2.00. The van der Waals surface area contributed by atoms with E-state index in [9.17, 15) is 4.79 Å². The first kappa shape index (κ1) is 15.6. The van der Waals surface area contributed by atoms with Gasteiger partial charge in [-0.2, -0.15) is 0 Å². The molecule has 0 aliphatic heterocycles. The molecule has 1 amide bonds. The maximum Gasteiger partial charge on any atom is 0.220 e. The molecule has 0 aliphatic carbocycles. The molecule has 0 saturated carbocycles. The molecule has 0 fully saturated rings. The topological polar surface area (TPSA) is 47.6 Å². The van der Waals surface area contributed by atoms with Crippen LogP contribution in [0.5, 0.6) is 11.5 Å². The quantitative estimate of drug-likeness (QED) is 0.560. The minimum atomic E-state index is 0.0101. The molecule has 1 rings (SSSR count). The fourth-order valence-electron chi connectivity index (χ4n) is 1.47. The van der Waals surface area contributed by atoms with Crippen LogP contribution in [0.15, 0.2) is 24.3 Å². The Bertz CT molecular complexity index is 367. The van der Waals surface area contributed by atoms with Gasteiger partial charge in [0.15, 0.2) is 0 Å². The van der Waals surface area contributed by atoms with Gasteiger partial charge < -0.3 is 14.8 Å². The molecule has 0 spiro atoms. The van der Waals surface area contributed by atoms with Gasteiger partial charge >= 0.3 is 0 Å². The molecule has 5 heteroatoms. The van der Waals surface area contributed by atoms with Crippen molar-refractivity contribution in [1.82, 2.24) is 5.32 Å². The van der Waals surface area contributed by atoms with Gasteiger partial charge in [-0.1, -0.05) is 0 Å². The van der Waals surface area contributed by atoms with Crippen LogP contribution in [0.3, 0.4) is 0 Å². The summed E-state index contributed by atoms with van der Waals surface area (Å²) in [6.07, 6.45) is 1.17. The Hall–Kier alpha value is -1.42. The molecule has 19 heavy (non-hydrogen) atoms. The number of amides is 1. The Morgan fingerprint density at radius 3 is 2.42 bits per heavy atom. The molecular weight excluding hydrogens is 266 g/mol. The van der Waals surface area contributed by atoms with E-state index in [0.29, 0.717) is 38.5 Å². The van der Waals surface area contributed by atoms with E-state index in [2.05, 4.69) is 5.32 Å². The zero-order valence-corrected chi connectivity index (χ0v) is 11.9. The second-order valence-electron chi connectivity index (χ2n) is 3.90. The third-order valence-electron chi connectivity index (χ3n) is 2.37. The molecule has 0 aromatic heterocycles. The van der Waals surface area contributed by atoms with Crippen molar-refractivity contribution in [2.24, 2.45) is 0 Å². The molecule has 0 atom stereocenters. The third-order valence-corrected chi connectivity index (χ3v) is 2.63. The second-order valence-corrected chi connectivity index (χ2v) is 4.27. The Labute approximate surface area is 119 Å². The molecule has 0 saturated heterocycles. The van der Waals surface area contributed by atoms with Crippen molar-refractivity contribution in [2.45, 2.75) is 19.8 Å². The predicted molar refractivity (Wildman–Crippen MR) is 76.1 cm³/mol. The van der Waals surface area contributed by atoms with E-state index < -0.39 is 0 Å². The van der Waals surface area contributed by atoms with Gasteiger partial charge in [0.1, 0.15) is 18.1 Å². The molecule has 0 bridgehead atoms. The average molecular weight is 286 g/mol. The Kier molecular flexibility index (Phi) is 7.82. The summed E-state index contributed by atoms with van der Waals surface area (Å²) in [5.74, 6) is 2.11. The number of nitrogens with one attached hydrogen (secondary N) is 1. The maximum absolute atomic E-state index is 11.3. The first-order valence-corrected chi connectivity index (χ1v) is 6.98. The standard InChI is InChI=1S/C14H20ClNO3/c1-2-18-12-5-7-13(8-6-12)19-11-10-16-14(17)4-3-9-15/h5-8H,2-4,9-11H2,1H3,(H,16,17). The van der Waals surface area contributed by atoms with E-state index in [1.165, 1.54) is 0 Å². The Morgan fingerprint density at radius 2 is 1.84 bits per heavy atom. The zero-order chi connectivity index (χ0) is 13.9. The van der Waals surface area contributed by atoms with Crippen LogP contribution < -0.4 is 14.8 Å². The van der Waals surface area contributed by atoms with Crippen molar-refractivity contribution in [3.8, 4) is 11.5 Å². The summed E-state index contributed by atoms with van der Waals surface area (Å²) in [4.78, 5) is 11.3. The highest BCUT2D eigenvalue weighted by Crippen LogP contribution is 2.17. The maximum atomic E-state index is 11.3. The molecule has 0 aliphatic rings. The Morgan fingerprint density at radius 1 is 1.21 bits per heavy atom. The summed E-state index contributed by atoms with van der Waals surface area (Å²) in [6.45, 7) is 3.53. The number of hydrogen-bond acceptors (Lipinski definition) is 3. The number of rotatable bonds is 9. The summed E-state index contributed by atoms with van der Waals surface area (Å²) >= 11 is 5.51. The van der Waals surface area contributed by atoms with Crippen molar-refractivity contribution in [3.63, 3.8) is 0 Å². The minimum absolute atomic E-state index is 0.0101. The highest BCUT2D eigenvalue weighted by atomic mass is 35.5. The van der Waals surface area contributed by atoms with E-state index in [1.807, 2.05) is 31.2 Å². The largest absolute Gasteiger partial charge is 0.494 e. The van der Waals surface area contributed by atoms with Gasteiger partial charge in [0.05, 0.1) is 13.2 Å². The lowest BCUT2D eigenvalue weighted by Crippen LogP contribution is -2.27. The summed E-state index contributed by atoms with van der Waals surface area (Å²) < 4.78 is 10.8. The lowest BCUT2D eigenvalue weighted by atomic mass is 10.3. The number of benzene rings is 1. The fourth-order valence-corrected chi connectivity index (χ4v) is 1.61. The molecule has 1 aromatic carbocycles. The molecular formula is C14H20ClNO3. The second kappa shape index (κ2) is 9.50. The summed E-state index contributed by atoms with van der Waals surface area (Å²) in [5, 5.41) is 2.77. The first-order valence-electron chi connectivity index (χ1n) is 6.44. The monoisotopic (exact) mass is 285 g/mol.